The van der Waals surface area contributed by atoms with Gasteiger partial charge in [-0.15, -0.1) is 5.10 Å². The molecule has 110 valence electrons. The molecule has 0 aliphatic carbocycles. The lowest BCUT2D eigenvalue weighted by molar-refractivity contribution is 0.0955. The molecule has 0 aliphatic heterocycles. The summed E-state index contributed by atoms with van der Waals surface area (Å²) in [6.07, 6.45) is 0. The van der Waals surface area contributed by atoms with Crippen molar-refractivity contribution in [2.45, 2.75) is 6.54 Å². The number of amides is 1. The lowest BCUT2D eigenvalue weighted by atomic mass is 10.1. The van der Waals surface area contributed by atoms with Gasteiger partial charge in [0.05, 0.1) is 0 Å². The highest BCUT2D eigenvalue weighted by Crippen LogP contribution is 2.23. The van der Waals surface area contributed by atoms with Gasteiger partial charge in [0.1, 0.15) is 10.6 Å². The minimum absolute atomic E-state index is 0.200. The number of aromatic nitrogens is 2. The Labute approximate surface area is 136 Å². The zero-order chi connectivity index (χ0) is 15.4. The third kappa shape index (κ3) is 3.16. The number of carbonyl (C=O) groups is 1. The van der Waals surface area contributed by atoms with Crippen molar-refractivity contribution in [2.75, 3.05) is 0 Å². The molecule has 3 aromatic rings. The fourth-order valence-corrected chi connectivity index (χ4v) is 2.83. The first-order valence-electron chi connectivity index (χ1n) is 6.65. The summed E-state index contributed by atoms with van der Waals surface area (Å²) in [4.78, 5) is 12.9. The third-order valence-electron chi connectivity index (χ3n) is 3.14. The Kier molecular flexibility index (Phi) is 4.46. The highest BCUT2D eigenvalue weighted by molar-refractivity contribution is 7.08. The molecule has 1 aromatic heterocycles. The van der Waals surface area contributed by atoms with Crippen LogP contribution in [-0.4, -0.2) is 15.5 Å². The van der Waals surface area contributed by atoms with E-state index in [9.17, 15) is 4.79 Å². The summed E-state index contributed by atoms with van der Waals surface area (Å²) in [5.41, 5.74) is 2.35. The lowest BCUT2D eigenvalue weighted by Crippen LogP contribution is -2.22. The highest BCUT2D eigenvalue weighted by atomic mass is 35.5. The van der Waals surface area contributed by atoms with E-state index >= 15 is 0 Å². The van der Waals surface area contributed by atoms with E-state index in [4.69, 9.17) is 11.6 Å². The van der Waals surface area contributed by atoms with Crippen molar-refractivity contribution in [3.05, 3.63) is 70.1 Å². The molecule has 1 N–H and O–H groups in total. The molecule has 3 rings (SSSR count). The molecule has 0 aliphatic rings. The summed E-state index contributed by atoms with van der Waals surface area (Å²) >= 11 is 7.17. The van der Waals surface area contributed by atoms with Gasteiger partial charge >= 0.3 is 0 Å². The van der Waals surface area contributed by atoms with E-state index in [0.29, 0.717) is 22.1 Å². The molecule has 0 spiro atoms. The van der Waals surface area contributed by atoms with Crippen LogP contribution in [-0.2, 0) is 6.54 Å². The van der Waals surface area contributed by atoms with Crippen LogP contribution in [0, 0.1) is 0 Å². The quantitative estimate of drug-likeness (QED) is 0.792. The van der Waals surface area contributed by atoms with Crippen molar-refractivity contribution in [2.24, 2.45) is 0 Å². The van der Waals surface area contributed by atoms with Gasteiger partial charge in [0, 0.05) is 17.1 Å². The normalized spacial score (nSPS) is 10.4. The van der Waals surface area contributed by atoms with Gasteiger partial charge in [-0.1, -0.05) is 64.6 Å². The molecule has 22 heavy (non-hydrogen) atoms. The molecule has 0 saturated carbocycles. The predicted molar refractivity (Wildman–Crippen MR) is 88.0 cm³/mol. The summed E-state index contributed by atoms with van der Waals surface area (Å²) in [6, 6.07) is 17.0. The minimum Gasteiger partial charge on any atom is -0.347 e. The van der Waals surface area contributed by atoms with E-state index < -0.39 is 0 Å². The molecule has 0 saturated heterocycles. The Morgan fingerprint density at radius 1 is 1.09 bits per heavy atom. The number of halogens is 1. The van der Waals surface area contributed by atoms with Gasteiger partial charge in [0.2, 0.25) is 0 Å². The number of hydrogen-bond donors (Lipinski definition) is 1. The zero-order valence-electron chi connectivity index (χ0n) is 11.5. The molecule has 0 bridgehead atoms. The van der Waals surface area contributed by atoms with Crippen LogP contribution in [0.25, 0.3) is 11.3 Å². The van der Waals surface area contributed by atoms with Crippen LogP contribution in [0.4, 0.5) is 0 Å². The summed E-state index contributed by atoms with van der Waals surface area (Å²) in [6.45, 7) is 0.366. The number of carbonyl (C=O) groups excluding carboxylic acids is 1. The Morgan fingerprint density at radius 2 is 1.82 bits per heavy atom. The maximum absolute atomic E-state index is 12.4. The maximum atomic E-state index is 12.4. The van der Waals surface area contributed by atoms with Crippen molar-refractivity contribution >= 4 is 29.0 Å². The van der Waals surface area contributed by atoms with Gasteiger partial charge in [0.25, 0.3) is 5.91 Å². The highest BCUT2D eigenvalue weighted by Gasteiger charge is 2.17. The number of hydrogen-bond acceptors (Lipinski definition) is 4. The van der Waals surface area contributed by atoms with E-state index in [2.05, 4.69) is 14.9 Å². The first-order valence-corrected chi connectivity index (χ1v) is 7.80. The Balaban J connectivity index is 1.77. The monoisotopic (exact) mass is 329 g/mol. The van der Waals surface area contributed by atoms with Crippen molar-refractivity contribution < 1.29 is 4.79 Å². The molecular formula is C16H12ClN3OS. The second-order valence-electron chi connectivity index (χ2n) is 4.59. The van der Waals surface area contributed by atoms with Crippen LogP contribution in [0.1, 0.15) is 15.2 Å². The number of nitrogens with zero attached hydrogens (tertiary/aromatic N) is 2. The minimum atomic E-state index is -0.200. The molecule has 2 aromatic carbocycles. The van der Waals surface area contributed by atoms with Gasteiger partial charge < -0.3 is 5.32 Å². The van der Waals surface area contributed by atoms with Gasteiger partial charge in [-0.3, -0.25) is 4.79 Å². The van der Waals surface area contributed by atoms with Gasteiger partial charge in [-0.25, -0.2) is 0 Å². The zero-order valence-corrected chi connectivity index (χ0v) is 13.1. The van der Waals surface area contributed by atoms with Gasteiger partial charge in [-0.2, -0.15) is 0 Å². The van der Waals surface area contributed by atoms with Gasteiger partial charge in [-0.05, 0) is 23.2 Å². The summed E-state index contributed by atoms with van der Waals surface area (Å²) in [5, 5.41) is 7.55. The Hall–Kier alpha value is -2.24. The van der Waals surface area contributed by atoms with Crippen molar-refractivity contribution in [1.82, 2.24) is 14.9 Å². The third-order valence-corrected chi connectivity index (χ3v) is 4.23. The van der Waals surface area contributed by atoms with E-state index in [1.54, 1.807) is 6.07 Å². The SMILES string of the molecule is O=C(NCc1ccccc1Cl)c1snnc1-c1ccccc1. The second kappa shape index (κ2) is 6.68. The van der Waals surface area contributed by atoms with E-state index in [0.717, 1.165) is 22.7 Å². The standard InChI is InChI=1S/C16H12ClN3OS/c17-13-9-5-4-8-12(13)10-18-16(21)15-14(19-20-22-15)11-6-2-1-3-7-11/h1-9H,10H2,(H,18,21). The van der Waals surface area contributed by atoms with Crippen LogP contribution < -0.4 is 5.32 Å². The first kappa shape index (κ1) is 14.7. The first-order chi connectivity index (χ1) is 10.8. The molecule has 0 unspecified atom stereocenters. The summed E-state index contributed by atoms with van der Waals surface area (Å²) in [7, 11) is 0. The van der Waals surface area contributed by atoms with E-state index in [1.807, 2.05) is 48.5 Å². The molecule has 0 atom stereocenters. The number of nitrogens with one attached hydrogen (secondary N) is 1. The van der Waals surface area contributed by atoms with Crippen LogP contribution in [0.5, 0.6) is 0 Å². The van der Waals surface area contributed by atoms with Crippen LogP contribution in [0.2, 0.25) is 5.02 Å². The van der Waals surface area contributed by atoms with Crippen LogP contribution in [0.15, 0.2) is 54.6 Å². The van der Waals surface area contributed by atoms with Crippen LogP contribution in [0.3, 0.4) is 0 Å². The predicted octanol–water partition coefficient (Wildman–Crippen LogP) is 3.79. The molecule has 1 heterocycles. The molecule has 6 heteroatoms. The van der Waals surface area contributed by atoms with Gasteiger partial charge in [0.15, 0.2) is 0 Å². The molecule has 1 amide bonds. The fraction of sp³-hybridized carbons (Fsp3) is 0.0625. The van der Waals surface area contributed by atoms with Crippen molar-refractivity contribution in [3.8, 4) is 11.3 Å². The topological polar surface area (TPSA) is 54.9 Å². The summed E-state index contributed by atoms with van der Waals surface area (Å²) in [5.74, 6) is -0.200. The number of benzene rings is 2. The van der Waals surface area contributed by atoms with Crippen LogP contribution >= 0.6 is 23.1 Å². The molecule has 0 fully saturated rings. The average Bonchev–Trinajstić information content (AvgIpc) is 3.04. The lowest BCUT2D eigenvalue weighted by Gasteiger charge is -2.06. The van der Waals surface area contributed by atoms with E-state index in [-0.39, 0.29) is 5.91 Å². The van der Waals surface area contributed by atoms with Crippen molar-refractivity contribution in [3.63, 3.8) is 0 Å². The Morgan fingerprint density at radius 3 is 2.59 bits per heavy atom. The van der Waals surface area contributed by atoms with E-state index in [1.165, 1.54) is 0 Å². The second-order valence-corrected chi connectivity index (χ2v) is 5.75. The molecule has 4 nitrogen and oxygen atoms in total. The maximum Gasteiger partial charge on any atom is 0.265 e. The Bertz CT molecular complexity index is 789. The molecule has 0 radical (unpaired) electrons. The largest absolute Gasteiger partial charge is 0.347 e. The molecular weight excluding hydrogens is 318 g/mol. The smallest absolute Gasteiger partial charge is 0.265 e. The number of rotatable bonds is 4. The summed E-state index contributed by atoms with van der Waals surface area (Å²) < 4.78 is 3.90. The van der Waals surface area contributed by atoms with Crippen molar-refractivity contribution in [1.29, 1.82) is 0 Å². The fourth-order valence-electron chi connectivity index (χ4n) is 2.02. The average molecular weight is 330 g/mol.